The Kier molecular flexibility index (Phi) is 3.50. The highest BCUT2D eigenvalue weighted by atomic mass is 16.1. The standard InChI is InChI=1S/C17H15N7O/c1-10-14(9-18-15-7-8-19-24(10)15)17(25)21-13-5-3-12(4-6-13)16-20-11(2)22-23-16/h3-9H,1-2H3,(H,21,25)(H,20,22,23). The summed E-state index contributed by atoms with van der Waals surface area (Å²) in [5.74, 6) is 1.15. The second-order valence-electron chi connectivity index (χ2n) is 5.63. The van der Waals surface area contributed by atoms with Crippen molar-refractivity contribution in [1.82, 2.24) is 29.8 Å². The van der Waals surface area contributed by atoms with Crippen molar-refractivity contribution in [2.45, 2.75) is 13.8 Å². The first-order chi connectivity index (χ1) is 12.1. The Hall–Kier alpha value is -3.55. The Morgan fingerprint density at radius 2 is 1.96 bits per heavy atom. The molecule has 4 aromatic rings. The number of hydrogen-bond acceptors (Lipinski definition) is 5. The van der Waals surface area contributed by atoms with Crippen molar-refractivity contribution in [1.29, 1.82) is 0 Å². The van der Waals surface area contributed by atoms with E-state index in [1.54, 1.807) is 23.0 Å². The lowest BCUT2D eigenvalue weighted by molar-refractivity contribution is 0.102. The summed E-state index contributed by atoms with van der Waals surface area (Å²) in [6.45, 7) is 3.68. The zero-order valence-corrected chi connectivity index (χ0v) is 13.7. The smallest absolute Gasteiger partial charge is 0.259 e. The first-order valence-corrected chi connectivity index (χ1v) is 7.72. The van der Waals surface area contributed by atoms with E-state index in [-0.39, 0.29) is 5.91 Å². The van der Waals surface area contributed by atoms with Crippen molar-refractivity contribution in [3.63, 3.8) is 0 Å². The van der Waals surface area contributed by atoms with Gasteiger partial charge in [-0.1, -0.05) is 0 Å². The average Bonchev–Trinajstić information content (AvgIpc) is 3.25. The van der Waals surface area contributed by atoms with Gasteiger partial charge in [0.25, 0.3) is 5.91 Å². The Morgan fingerprint density at radius 1 is 1.16 bits per heavy atom. The molecule has 3 aromatic heterocycles. The van der Waals surface area contributed by atoms with E-state index in [1.807, 2.05) is 38.1 Å². The number of H-pyrrole nitrogens is 1. The molecule has 8 heteroatoms. The Balaban J connectivity index is 1.56. The van der Waals surface area contributed by atoms with Crippen LogP contribution in [0, 0.1) is 13.8 Å². The van der Waals surface area contributed by atoms with Crippen LogP contribution in [0.25, 0.3) is 17.0 Å². The van der Waals surface area contributed by atoms with Gasteiger partial charge in [-0.2, -0.15) is 10.2 Å². The minimum absolute atomic E-state index is 0.233. The summed E-state index contributed by atoms with van der Waals surface area (Å²) in [4.78, 5) is 21.1. The van der Waals surface area contributed by atoms with E-state index in [4.69, 9.17) is 0 Å². The largest absolute Gasteiger partial charge is 0.322 e. The van der Waals surface area contributed by atoms with Crippen molar-refractivity contribution in [3.8, 4) is 11.4 Å². The maximum Gasteiger partial charge on any atom is 0.259 e. The first-order valence-electron chi connectivity index (χ1n) is 7.72. The lowest BCUT2D eigenvalue weighted by atomic mass is 10.2. The van der Waals surface area contributed by atoms with Crippen LogP contribution in [0.4, 0.5) is 5.69 Å². The number of anilines is 1. The third-order valence-electron chi connectivity index (χ3n) is 3.90. The second-order valence-corrected chi connectivity index (χ2v) is 5.63. The van der Waals surface area contributed by atoms with Crippen LogP contribution in [-0.4, -0.2) is 35.7 Å². The number of amides is 1. The molecule has 1 aromatic carbocycles. The summed E-state index contributed by atoms with van der Waals surface area (Å²) < 4.78 is 1.64. The number of fused-ring (bicyclic) bond motifs is 1. The predicted molar refractivity (Wildman–Crippen MR) is 92.2 cm³/mol. The lowest BCUT2D eigenvalue weighted by Gasteiger charge is -2.09. The molecule has 0 spiro atoms. The molecule has 0 aliphatic heterocycles. The molecular formula is C17H15N7O. The summed E-state index contributed by atoms with van der Waals surface area (Å²) >= 11 is 0. The maximum atomic E-state index is 12.5. The molecule has 0 aliphatic carbocycles. The van der Waals surface area contributed by atoms with Crippen molar-refractivity contribution in [2.24, 2.45) is 0 Å². The van der Waals surface area contributed by atoms with Crippen molar-refractivity contribution < 1.29 is 4.79 Å². The van der Waals surface area contributed by atoms with Gasteiger partial charge in [0.1, 0.15) is 5.82 Å². The molecule has 0 bridgehead atoms. The first kappa shape index (κ1) is 15.0. The third kappa shape index (κ3) is 2.74. The highest BCUT2D eigenvalue weighted by molar-refractivity contribution is 6.05. The highest BCUT2D eigenvalue weighted by Crippen LogP contribution is 2.19. The molecule has 0 saturated carbocycles. The molecule has 0 unspecified atom stereocenters. The summed E-state index contributed by atoms with van der Waals surface area (Å²) in [6.07, 6.45) is 3.22. The van der Waals surface area contributed by atoms with Gasteiger partial charge in [-0.05, 0) is 38.1 Å². The van der Waals surface area contributed by atoms with Crippen LogP contribution in [0.15, 0.2) is 42.7 Å². The number of nitrogens with one attached hydrogen (secondary N) is 2. The second kappa shape index (κ2) is 5.82. The third-order valence-corrected chi connectivity index (χ3v) is 3.90. The fraction of sp³-hybridized carbons (Fsp3) is 0.118. The predicted octanol–water partition coefficient (Wildman–Crippen LogP) is 2.38. The van der Waals surface area contributed by atoms with Crippen LogP contribution >= 0.6 is 0 Å². The summed E-state index contributed by atoms with van der Waals surface area (Å²) in [5, 5.41) is 14.0. The maximum absolute atomic E-state index is 12.5. The normalized spacial score (nSPS) is 11.0. The molecule has 4 rings (SSSR count). The number of benzene rings is 1. The van der Waals surface area contributed by atoms with Gasteiger partial charge >= 0.3 is 0 Å². The van der Waals surface area contributed by atoms with E-state index in [9.17, 15) is 4.79 Å². The molecule has 25 heavy (non-hydrogen) atoms. The zero-order valence-electron chi connectivity index (χ0n) is 13.7. The van der Waals surface area contributed by atoms with Gasteiger partial charge in [0.15, 0.2) is 11.5 Å². The molecule has 8 nitrogen and oxygen atoms in total. The fourth-order valence-corrected chi connectivity index (χ4v) is 2.59. The number of aryl methyl sites for hydroxylation is 2. The SMILES string of the molecule is Cc1nc(-c2ccc(NC(=O)c3cnc4ccnn4c3C)cc2)n[nH]1. The molecule has 0 atom stereocenters. The lowest BCUT2D eigenvalue weighted by Crippen LogP contribution is -2.16. The van der Waals surface area contributed by atoms with Crippen LogP contribution in [0.3, 0.4) is 0 Å². The Labute approximate surface area is 142 Å². The van der Waals surface area contributed by atoms with Crippen molar-refractivity contribution in [3.05, 3.63) is 59.8 Å². The molecule has 1 amide bonds. The monoisotopic (exact) mass is 333 g/mol. The van der Waals surface area contributed by atoms with Gasteiger partial charge in [0, 0.05) is 23.5 Å². The quantitative estimate of drug-likeness (QED) is 0.599. The van der Waals surface area contributed by atoms with Gasteiger partial charge in [-0.3, -0.25) is 9.89 Å². The van der Waals surface area contributed by atoms with E-state index in [0.717, 1.165) is 17.1 Å². The fourth-order valence-electron chi connectivity index (χ4n) is 2.59. The molecule has 0 aliphatic rings. The number of rotatable bonds is 3. The number of carbonyl (C=O) groups excluding carboxylic acids is 1. The summed E-state index contributed by atoms with van der Waals surface area (Å²) in [7, 11) is 0. The number of carbonyl (C=O) groups is 1. The minimum atomic E-state index is -0.233. The molecule has 3 heterocycles. The molecule has 0 radical (unpaired) electrons. The molecule has 0 saturated heterocycles. The van der Waals surface area contributed by atoms with Crippen molar-refractivity contribution in [2.75, 3.05) is 5.32 Å². The number of nitrogens with zero attached hydrogens (tertiary/aromatic N) is 5. The van der Waals surface area contributed by atoms with Crippen LogP contribution in [0.1, 0.15) is 21.9 Å². The number of aromatic nitrogens is 6. The van der Waals surface area contributed by atoms with E-state index >= 15 is 0 Å². The van der Waals surface area contributed by atoms with Crippen LogP contribution in [-0.2, 0) is 0 Å². The van der Waals surface area contributed by atoms with Gasteiger partial charge in [-0.25, -0.2) is 14.5 Å². The molecule has 0 fully saturated rings. The molecule has 124 valence electrons. The van der Waals surface area contributed by atoms with Crippen LogP contribution in [0.5, 0.6) is 0 Å². The average molecular weight is 333 g/mol. The topological polar surface area (TPSA) is 101 Å². The summed E-state index contributed by atoms with van der Waals surface area (Å²) in [6, 6.07) is 9.14. The van der Waals surface area contributed by atoms with Gasteiger partial charge in [0.2, 0.25) is 0 Å². The number of aromatic amines is 1. The Morgan fingerprint density at radius 3 is 2.68 bits per heavy atom. The van der Waals surface area contributed by atoms with Crippen LogP contribution in [0.2, 0.25) is 0 Å². The summed E-state index contributed by atoms with van der Waals surface area (Å²) in [5.41, 5.74) is 3.48. The number of hydrogen-bond donors (Lipinski definition) is 2. The molecular weight excluding hydrogens is 318 g/mol. The van der Waals surface area contributed by atoms with Gasteiger partial charge < -0.3 is 5.32 Å². The van der Waals surface area contributed by atoms with E-state index in [1.165, 1.54) is 0 Å². The molecule has 2 N–H and O–H groups in total. The van der Waals surface area contributed by atoms with Gasteiger partial charge in [-0.15, -0.1) is 0 Å². The highest BCUT2D eigenvalue weighted by Gasteiger charge is 2.13. The van der Waals surface area contributed by atoms with E-state index < -0.39 is 0 Å². The van der Waals surface area contributed by atoms with E-state index in [0.29, 0.717) is 22.7 Å². The Bertz CT molecular complexity index is 1060. The van der Waals surface area contributed by atoms with E-state index in [2.05, 4.69) is 30.6 Å². The minimum Gasteiger partial charge on any atom is -0.322 e. The van der Waals surface area contributed by atoms with Crippen molar-refractivity contribution >= 4 is 17.2 Å². The van der Waals surface area contributed by atoms with Gasteiger partial charge in [0.05, 0.1) is 17.5 Å². The zero-order chi connectivity index (χ0) is 17.4. The van der Waals surface area contributed by atoms with Crippen LogP contribution < -0.4 is 5.32 Å².